The maximum absolute atomic E-state index is 5.70. The molecule has 0 radical (unpaired) electrons. The Morgan fingerprint density at radius 3 is 3.00 bits per heavy atom. The minimum absolute atomic E-state index is 0.542. The Kier molecular flexibility index (Phi) is 3.22. The van der Waals surface area contributed by atoms with Gasteiger partial charge in [0, 0.05) is 17.7 Å². The van der Waals surface area contributed by atoms with Gasteiger partial charge in [0.25, 0.3) is 0 Å². The average Bonchev–Trinajstić information content (AvgIpc) is 2.13. The molecule has 2 N–H and O–H groups in total. The molecule has 0 aliphatic carbocycles. The summed E-state index contributed by atoms with van der Waals surface area (Å²) in [5.74, 6) is 3.33. The van der Waals surface area contributed by atoms with Crippen molar-refractivity contribution < 1.29 is 4.74 Å². The van der Waals surface area contributed by atoms with Crippen LogP contribution in [0, 0.1) is 19.3 Å². The summed E-state index contributed by atoms with van der Waals surface area (Å²) in [5.41, 5.74) is 7.42. The highest BCUT2D eigenvalue weighted by Gasteiger charge is 2.00. The van der Waals surface area contributed by atoms with E-state index >= 15 is 0 Å². The zero-order valence-corrected chi connectivity index (χ0v) is 7.71. The van der Waals surface area contributed by atoms with Crippen LogP contribution in [-0.4, -0.2) is 6.61 Å². The first kappa shape index (κ1) is 9.47. The molecule has 0 bridgehead atoms. The molecule has 1 rings (SSSR count). The van der Waals surface area contributed by atoms with Crippen molar-refractivity contribution in [2.75, 3.05) is 12.3 Å². The predicted molar refractivity (Wildman–Crippen MR) is 54.5 cm³/mol. The van der Waals surface area contributed by atoms with Crippen LogP contribution in [0.3, 0.4) is 0 Å². The van der Waals surface area contributed by atoms with Crippen LogP contribution in [-0.2, 0) is 0 Å². The molecule has 1 aromatic rings. The highest BCUT2D eigenvalue weighted by atomic mass is 16.5. The maximum atomic E-state index is 5.70. The molecule has 0 fully saturated rings. The molecule has 0 aromatic heterocycles. The van der Waals surface area contributed by atoms with E-state index in [4.69, 9.17) is 16.9 Å². The molecule has 1 aromatic carbocycles. The second-order valence-corrected chi connectivity index (χ2v) is 2.77. The van der Waals surface area contributed by atoms with E-state index in [1.165, 1.54) is 0 Å². The third kappa shape index (κ3) is 2.41. The SMILES string of the molecule is C#CCCOc1cccc(N)c1C. The van der Waals surface area contributed by atoms with Gasteiger partial charge in [-0.05, 0) is 19.1 Å². The number of terminal acetylenes is 1. The minimum atomic E-state index is 0.542. The van der Waals surface area contributed by atoms with Gasteiger partial charge in [-0.2, -0.15) is 0 Å². The van der Waals surface area contributed by atoms with E-state index in [-0.39, 0.29) is 0 Å². The summed E-state index contributed by atoms with van der Waals surface area (Å²) in [6.07, 6.45) is 5.73. The fraction of sp³-hybridized carbons (Fsp3) is 0.273. The van der Waals surface area contributed by atoms with E-state index in [0.717, 1.165) is 17.0 Å². The van der Waals surface area contributed by atoms with Crippen molar-refractivity contribution in [3.8, 4) is 18.1 Å². The maximum Gasteiger partial charge on any atom is 0.124 e. The lowest BCUT2D eigenvalue weighted by Gasteiger charge is -2.08. The molecule has 0 aliphatic heterocycles. The number of hydrogen-bond donors (Lipinski definition) is 1. The molecule has 0 spiro atoms. The van der Waals surface area contributed by atoms with Crippen LogP contribution in [0.5, 0.6) is 5.75 Å². The number of rotatable bonds is 3. The second-order valence-electron chi connectivity index (χ2n) is 2.77. The van der Waals surface area contributed by atoms with Crippen molar-refractivity contribution in [3.05, 3.63) is 23.8 Å². The Morgan fingerprint density at radius 2 is 2.31 bits per heavy atom. The largest absolute Gasteiger partial charge is 0.492 e. The normalized spacial score (nSPS) is 9.23. The van der Waals surface area contributed by atoms with Gasteiger partial charge in [-0.25, -0.2) is 0 Å². The Hall–Kier alpha value is -1.62. The van der Waals surface area contributed by atoms with Gasteiger partial charge in [-0.3, -0.25) is 0 Å². The highest BCUT2D eigenvalue weighted by molar-refractivity contribution is 5.53. The summed E-state index contributed by atoms with van der Waals surface area (Å²) in [6, 6.07) is 5.61. The Labute approximate surface area is 78.7 Å². The zero-order chi connectivity index (χ0) is 9.68. The van der Waals surface area contributed by atoms with Crippen LogP contribution >= 0.6 is 0 Å². The molecule has 0 atom stereocenters. The number of hydrogen-bond acceptors (Lipinski definition) is 2. The molecular weight excluding hydrogens is 162 g/mol. The Morgan fingerprint density at radius 1 is 1.54 bits per heavy atom. The fourth-order valence-corrected chi connectivity index (χ4v) is 1.01. The Bertz CT molecular complexity index is 325. The lowest BCUT2D eigenvalue weighted by Crippen LogP contribution is -1.99. The number of anilines is 1. The van der Waals surface area contributed by atoms with Crippen LogP contribution in [0.2, 0.25) is 0 Å². The first-order valence-electron chi connectivity index (χ1n) is 4.17. The summed E-state index contributed by atoms with van der Waals surface area (Å²) < 4.78 is 5.44. The van der Waals surface area contributed by atoms with Crippen molar-refractivity contribution in [3.63, 3.8) is 0 Å². The summed E-state index contributed by atoms with van der Waals surface area (Å²) >= 11 is 0. The molecule has 0 unspecified atom stereocenters. The van der Waals surface area contributed by atoms with Gasteiger partial charge in [0.2, 0.25) is 0 Å². The van der Waals surface area contributed by atoms with E-state index in [2.05, 4.69) is 5.92 Å². The van der Waals surface area contributed by atoms with E-state index in [9.17, 15) is 0 Å². The van der Waals surface area contributed by atoms with E-state index in [1.807, 2.05) is 25.1 Å². The zero-order valence-electron chi connectivity index (χ0n) is 7.71. The summed E-state index contributed by atoms with van der Waals surface area (Å²) in [6.45, 7) is 2.47. The molecule has 13 heavy (non-hydrogen) atoms. The molecule has 2 heteroatoms. The highest BCUT2D eigenvalue weighted by Crippen LogP contribution is 2.22. The third-order valence-corrected chi connectivity index (χ3v) is 1.83. The van der Waals surface area contributed by atoms with E-state index in [1.54, 1.807) is 0 Å². The van der Waals surface area contributed by atoms with Gasteiger partial charge < -0.3 is 10.5 Å². The van der Waals surface area contributed by atoms with Gasteiger partial charge in [0.15, 0.2) is 0 Å². The van der Waals surface area contributed by atoms with Crippen molar-refractivity contribution >= 4 is 5.69 Å². The summed E-state index contributed by atoms with van der Waals surface area (Å²) in [5, 5.41) is 0. The number of nitrogen functional groups attached to an aromatic ring is 1. The number of nitrogens with two attached hydrogens (primary N) is 1. The third-order valence-electron chi connectivity index (χ3n) is 1.83. The second kappa shape index (κ2) is 4.42. The molecule has 68 valence electrons. The topological polar surface area (TPSA) is 35.2 Å². The monoisotopic (exact) mass is 175 g/mol. The van der Waals surface area contributed by atoms with Crippen LogP contribution in [0.4, 0.5) is 5.69 Å². The Balaban J connectivity index is 2.67. The lowest BCUT2D eigenvalue weighted by atomic mass is 10.2. The summed E-state index contributed by atoms with van der Waals surface area (Å²) in [7, 11) is 0. The first-order valence-corrected chi connectivity index (χ1v) is 4.17. The molecule has 0 amide bonds. The quantitative estimate of drug-likeness (QED) is 0.433. The van der Waals surface area contributed by atoms with Crippen molar-refractivity contribution in [2.24, 2.45) is 0 Å². The molecule has 0 saturated heterocycles. The van der Waals surface area contributed by atoms with Crippen LogP contribution < -0.4 is 10.5 Å². The molecule has 0 saturated carbocycles. The van der Waals surface area contributed by atoms with E-state index < -0.39 is 0 Å². The standard InChI is InChI=1S/C11H13NO/c1-3-4-8-13-11-7-5-6-10(12)9(11)2/h1,5-7H,4,8,12H2,2H3. The van der Waals surface area contributed by atoms with Gasteiger partial charge >= 0.3 is 0 Å². The lowest BCUT2D eigenvalue weighted by molar-refractivity contribution is 0.325. The van der Waals surface area contributed by atoms with Crippen LogP contribution in [0.25, 0.3) is 0 Å². The fourth-order valence-electron chi connectivity index (χ4n) is 1.01. The van der Waals surface area contributed by atoms with Gasteiger partial charge in [-0.15, -0.1) is 12.3 Å². The van der Waals surface area contributed by atoms with Crippen molar-refractivity contribution in [2.45, 2.75) is 13.3 Å². The van der Waals surface area contributed by atoms with Gasteiger partial charge in [-0.1, -0.05) is 6.07 Å². The van der Waals surface area contributed by atoms with Gasteiger partial charge in [0.1, 0.15) is 5.75 Å². The number of ether oxygens (including phenoxy) is 1. The first-order chi connectivity index (χ1) is 6.25. The van der Waals surface area contributed by atoms with Crippen molar-refractivity contribution in [1.29, 1.82) is 0 Å². The predicted octanol–water partition coefficient (Wildman–Crippen LogP) is 1.98. The van der Waals surface area contributed by atoms with Crippen LogP contribution in [0.1, 0.15) is 12.0 Å². The average molecular weight is 175 g/mol. The smallest absolute Gasteiger partial charge is 0.124 e. The molecule has 0 aliphatic rings. The molecule has 2 nitrogen and oxygen atoms in total. The van der Waals surface area contributed by atoms with Crippen LogP contribution in [0.15, 0.2) is 18.2 Å². The summed E-state index contributed by atoms with van der Waals surface area (Å²) in [4.78, 5) is 0. The van der Waals surface area contributed by atoms with E-state index in [0.29, 0.717) is 13.0 Å². The molecular formula is C11H13NO. The number of benzene rings is 1. The van der Waals surface area contributed by atoms with Crippen molar-refractivity contribution in [1.82, 2.24) is 0 Å². The molecule has 0 heterocycles. The minimum Gasteiger partial charge on any atom is -0.492 e. The van der Waals surface area contributed by atoms with Gasteiger partial charge in [0.05, 0.1) is 6.61 Å².